The van der Waals surface area contributed by atoms with Crippen molar-refractivity contribution in [2.24, 2.45) is 11.3 Å². The summed E-state index contributed by atoms with van der Waals surface area (Å²) in [6, 6.07) is 0.923. The van der Waals surface area contributed by atoms with E-state index >= 15 is 0 Å². The third-order valence-corrected chi connectivity index (χ3v) is 4.99. The molecule has 0 spiro atoms. The second kappa shape index (κ2) is 7.08. The maximum Gasteiger partial charge on any atom is 0.0124 e. The van der Waals surface area contributed by atoms with Crippen LogP contribution in [0.1, 0.15) is 65.7 Å². The van der Waals surface area contributed by atoms with E-state index in [0.29, 0.717) is 5.41 Å². The Morgan fingerprint density at radius 3 is 2.53 bits per heavy atom. The number of fused-ring (bicyclic) bond motifs is 1. The Bertz CT molecular complexity index is 254. The molecule has 1 heterocycles. The summed E-state index contributed by atoms with van der Waals surface area (Å²) >= 11 is 0. The Hall–Kier alpha value is -0.0800. The summed E-state index contributed by atoms with van der Waals surface area (Å²) in [5.41, 5.74) is 0.465. The van der Waals surface area contributed by atoms with Crippen molar-refractivity contribution in [3.63, 3.8) is 0 Å². The van der Waals surface area contributed by atoms with Gasteiger partial charge in [0.2, 0.25) is 0 Å². The van der Waals surface area contributed by atoms with E-state index < -0.39 is 0 Å². The van der Waals surface area contributed by atoms with Crippen LogP contribution in [0, 0.1) is 11.3 Å². The van der Waals surface area contributed by atoms with Crippen LogP contribution in [0.5, 0.6) is 0 Å². The first kappa shape index (κ1) is 15.3. The van der Waals surface area contributed by atoms with Gasteiger partial charge in [0.1, 0.15) is 0 Å². The van der Waals surface area contributed by atoms with E-state index in [2.05, 4.69) is 31.0 Å². The van der Waals surface area contributed by atoms with Gasteiger partial charge in [-0.25, -0.2) is 0 Å². The standard InChI is InChI=1S/C17H34N2/c1-17(2,3)10-11-18-12-14-19-13-6-8-15-7-4-5-9-16(15)19/h15-16,18H,4-14H2,1-3H3/t15-,16-/m1/s1. The quantitative estimate of drug-likeness (QED) is 0.764. The van der Waals surface area contributed by atoms with Gasteiger partial charge in [0.15, 0.2) is 0 Å². The minimum atomic E-state index is 0.465. The molecule has 2 rings (SSSR count). The first-order chi connectivity index (χ1) is 9.06. The topological polar surface area (TPSA) is 15.3 Å². The number of hydrogen-bond donors (Lipinski definition) is 1. The summed E-state index contributed by atoms with van der Waals surface area (Å²) in [6.45, 7) is 11.9. The number of nitrogens with one attached hydrogen (secondary N) is 1. The van der Waals surface area contributed by atoms with E-state index in [-0.39, 0.29) is 0 Å². The third-order valence-electron chi connectivity index (χ3n) is 4.99. The number of nitrogens with zero attached hydrogens (tertiary/aromatic N) is 1. The molecule has 1 N–H and O–H groups in total. The van der Waals surface area contributed by atoms with Crippen molar-refractivity contribution in [1.29, 1.82) is 0 Å². The summed E-state index contributed by atoms with van der Waals surface area (Å²) in [7, 11) is 0. The molecular weight excluding hydrogens is 232 g/mol. The van der Waals surface area contributed by atoms with Gasteiger partial charge in [-0.3, -0.25) is 4.90 Å². The van der Waals surface area contributed by atoms with E-state index in [0.717, 1.165) is 12.0 Å². The number of rotatable bonds is 5. The fourth-order valence-electron chi connectivity index (χ4n) is 3.82. The molecule has 1 saturated carbocycles. The Morgan fingerprint density at radius 1 is 1.00 bits per heavy atom. The molecule has 2 heteroatoms. The zero-order valence-corrected chi connectivity index (χ0v) is 13.4. The van der Waals surface area contributed by atoms with Crippen LogP contribution in [-0.4, -0.2) is 37.1 Å². The zero-order valence-electron chi connectivity index (χ0n) is 13.4. The molecule has 0 unspecified atom stereocenters. The minimum absolute atomic E-state index is 0.465. The average Bonchev–Trinajstić information content (AvgIpc) is 2.37. The van der Waals surface area contributed by atoms with Crippen molar-refractivity contribution < 1.29 is 0 Å². The molecule has 2 atom stereocenters. The van der Waals surface area contributed by atoms with Crippen LogP contribution < -0.4 is 5.32 Å². The molecule has 1 aliphatic carbocycles. The molecule has 19 heavy (non-hydrogen) atoms. The summed E-state index contributed by atoms with van der Waals surface area (Å²) in [5, 5.41) is 3.64. The lowest BCUT2D eigenvalue weighted by Crippen LogP contribution is -2.48. The van der Waals surface area contributed by atoms with Crippen molar-refractivity contribution in [1.82, 2.24) is 10.2 Å². The average molecular weight is 266 g/mol. The van der Waals surface area contributed by atoms with Gasteiger partial charge in [-0.2, -0.15) is 0 Å². The highest BCUT2D eigenvalue weighted by atomic mass is 15.2. The fraction of sp³-hybridized carbons (Fsp3) is 1.00. The minimum Gasteiger partial charge on any atom is -0.315 e. The lowest BCUT2D eigenvalue weighted by molar-refractivity contribution is 0.0618. The summed E-state index contributed by atoms with van der Waals surface area (Å²) in [5.74, 6) is 1.03. The maximum atomic E-state index is 3.64. The second-order valence-corrected chi connectivity index (χ2v) is 7.85. The van der Waals surface area contributed by atoms with Gasteiger partial charge in [-0.05, 0) is 56.5 Å². The van der Waals surface area contributed by atoms with Crippen molar-refractivity contribution in [3.05, 3.63) is 0 Å². The van der Waals surface area contributed by atoms with E-state index in [1.165, 1.54) is 71.1 Å². The monoisotopic (exact) mass is 266 g/mol. The van der Waals surface area contributed by atoms with Gasteiger partial charge in [0, 0.05) is 19.1 Å². The molecule has 1 aliphatic heterocycles. The largest absolute Gasteiger partial charge is 0.315 e. The molecule has 0 bridgehead atoms. The van der Waals surface area contributed by atoms with Gasteiger partial charge in [-0.15, -0.1) is 0 Å². The van der Waals surface area contributed by atoms with Gasteiger partial charge >= 0.3 is 0 Å². The van der Waals surface area contributed by atoms with E-state index in [9.17, 15) is 0 Å². The molecule has 2 fully saturated rings. The predicted molar refractivity (Wildman–Crippen MR) is 83.5 cm³/mol. The third kappa shape index (κ3) is 5.07. The number of hydrogen-bond acceptors (Lipinski definition) is 2. The zero-order chi connectivity index (χ0) is 13.7. The molecule has 0 aromatic rings. The maximum absolute atomic E-state index is 3.64. The Kier molecular flexibility index (Phi) is 5.70. The van der Waals surface area contributed by atoms with Crippen LogP contribution >= 0.6 is 0 Å². The smallest absolute Gasteiger partial charge is 0.0124 e. The predicted octanol–water partition coefficient (Wildman–Crippen LogP) is 3.67. The van der Waals surface area contributed by atoms with E-state index in [1.807, 2.05) is 0 Å². The van der Waals surface area contributed by atoms with Crippen molar-refractivity contribution in [2.45, 2.75) is 71.8 Å². The molecule has 0 aromatic heterocycles. The highest BCUT2D eigenvalue weighted by molar-refractivity contribution is 4.87. The molecule has 1 saturated heterocycles. The summed E-state index contributed by atoms with van der Waals surface area (Å²) < 4.78 is 0. The second-order valence-electron chi connectivity index (χ2n) is 7.85. The van der Waals surface area contributed by atoms with Gasteiger partial charge in [0.25, 0.3) is 0 Å². The number of likely N-dealkylation sites (tertiary alicyclic amines) is 1. The van der Waals surface area contributed by atoms with Crippen LogP contribution in [0.25, 0.3) is 0 Å². The van der Waals surface area contributed by atoms with E-state index in [4.69, 9.17) is 0 Å². The van der Waals surface area contributed by atoms with Crippen LogP contribution in [0.4, 0.5) is 0 Å². The highest BCUT2D eigenvalue weighted by Gasteiger charge is 2.32. The highest BCUT2D eigenvalue weighted by Crippen LogP contribution is 2.34. The first-order valence-corrected chi connectivity index (χ1v) is 8.51. The van der Waals surface area contributed by atoms with Crippen LogP contribution in [0.15, 0.2) is 0 Å². The van der Waals surface area contributed by atoms with Gasteiger partial charge < -0.3 is 5.32 Å². The molecule has 0 aromatic carbocycles. The van der Waals surface area contributed by atoms with Crippen molar-refractivity contribution in [3.8, 4) is 0 Å². The molecule has 0 radical (unpaired) electrons. The Morgan fingerprint density at radius 2 is 1.74 bits per heavy atom. The van der Waals surface area contributed by atoms with Crippen LogP contribution in [0.3, 0.4) is 0 Å². The molecular formula is C17H34N2. The first-order valence-electron chi connectivity index (χ1n) is 8.51. The van der Waals surface area contributed by atoms with Gasteiger partial charge in [-0.1, -0.05) is 33.6 Å². The normalized spacial score (nSPS) is 29.2. The van der Waals surface area contributed by atoms with Crippen LogP contribution in [-0.2, 0) is 0 Å². The Labute approximate surface area is 120 Å². The van der Waals surface area contributed by atoms with Gasteiger partial charge in [0.05, 0.1) is 0 Å². The van der Waals surface area contributed by atoms with E-state index in [1.54, 1.807) is 0 Å². The van der Waals surface area contributed by atoms with Crippen LogP contribution in [0.2, 0.25) is 0 Å². The lowest BCUT2D eigenvalue weighted by atomic mass is 9.78. The molecule has 112 valence electrons. The molecule has 0 amide bonds. The fourth-order valence-corrected chi connectivity index (χ4v) is 3.82. The summed E-state index contributed by atoms with van der Waals surface area (Å²) in [4.78, 5) is 2.79. The Balaban J connectivity index is 1.64. The molecule has 2 aliphatic rings. The van der Waals surface area contributed by atoms with Crippen molar-refractivity contribution >= 4 is 0 Å². The van der Waals surface area contributed by atoms with Crippen molar-refractivity contribution in [2.75, 3.05) is 26.2 Å². The number of piperidine rings is 1. The summed E-state index contributed by atoms with van der Waals surface area (Å²) in [6.07, 6.45) is 10.1. The lowest BCUT2D eigenvalue weighted by Gasteiger charge is -2.44. The SMILES string of the molecule is CC(C)(C)CCNCCN1CCC[C@H]2CCCC[C@H]21. The molecule has 2 nitrogen and oxygen atoms in total.